The third-order valence-electron chi connectivity index (χ3n) is 3.05. The molecule has 2 aromatic rings. The number of rotatable bonds is 7. The molecule has 2 rings (SSSR count). The van der Waals surface area contributed by atoms with Crippen LogP contribution in [-0.2, 0) is 11.3 Å². The summed E-state index contributed by atoms with van der Waals surface area (Å²) in [7, 11) is 0. The molecule has 0 aliphatic carbocycles. The normalized spacial score (nSPS) is 12.1. The smallest absolute Gasteiger partial charge is 0.307 e. The van der Waals surface area contributed by atoms with Crippen LogP contribution in [-0.4, -0.2) is 36.9 Å². The molecule has 2 heterocycles. The Hall–Kier alpha value is -2.23. The predicted molar refractivity (Wildman–Crippen MR) is 81.1 cm³/mol. The van der Waals surface area contributed by atoms with Crippen LogP contribution in [0, 0.1) is 10.1 Å². The zero-order chi connectivity index (χ0) is 16.1. The summed E-state index contributed by atoms with van der Waals surface area (Å²) in [5, 5.41) is 21.4. The van der Waals surface area contributed by atoms with Gasteiger partial charge in [-0.2, -0.15) is 10.2 Å². The van der Waals surface area contributed by atoms with Gasteiger partial charge in [-0.05, 0) is 22.4 Å². The standard InChI is InChI=1S/C12H15BrN6O3/c1-2-11(18-8-10(6-16-18)19(21)22)12(20)14-3-4-17-7-9(13)5-15-17/h5-8,11H,2-4H2,1H3,(H,14,20). The van der Waals surface area contributed by atoms with Crippen LogP contribution in [0.2, 0.25) is 0 Å². The Kier molecular flexibility index (Phi) is 5.26. The number of nitro groups is 1. The van der Waals surface area contributed by atoms with Crippen LogP contribution < -0.4 is 5.32 Å². The molecule has 9 nitrogen and oxygen atoms in total. The van der Waals surface area contributed by atoms with E-state index in [9.17, 15) is 14.9 Å². The number of carbonyl (C=O) groups is 1. The van der Waals surface area contributed by atoms with Gasteiger partial charge in [-0.25, -0.2) is 0 Å². The van der Waals surface area contributed by atoms with Crippen molar-refractivity contribution < 1.29 is 9.72 Å². The van der Waals surface area contributed by atoms with Gasteiger partial charge in [0.1, 0.15) is 18.4 Å². The largest absolute Gasteiger partial charge is 0.352 e. The summed E-state index contributed by atoms with van der Waals surface area (Å²) < 4.78 is 3.89. The van der Waals surface area contributed by atoms with Crippen molar-refractivity contribution in [3.05, 3.63) is 39.4 Å². The number of carbonyl (C=O) groups excluding carboxylic acids is 1. The quantitative estimate of drug-likeness (QED) is 0.586. The van der Waals surface area contributed by atoms with Crippen LogP contribution in [0.3, 0.4) is 0 Å². The second-order valence-electron chi connectivity index (χ2n) is 4.57. The first-order valence-electron chi connectivity index (χ1n) is 6.65. The fraction of sp³-hybridized carbons (Fsp3) is 0.417. The molecule has 0 saturated heterocycles. The van der Waals surface area contributed by atoms with Gasteiger partial charge in [-0.1, -0.05) is 6.92 Å². The Morgan fingerprint density at radius 3 is 2.77 bits per heavy atom. The van der Waals surface area contributed by atoms with Gasteiger partial charge in [0.15, 0.2) is 0 Å². The van der Waals surface area contributed by atoms with Gasteiger partial charge >= 0.3 is 5.69 Å². The fourth-order valence-electron chi connectivity index (χ4n) is 1.96. The molecule has 10 heteroatoms. The van der Waals surface area contributed by atoms with Crippen molar-refractivity contribution in [1.29, 1.82) is 0 Å². The zero-order valence-electron chi connectivity index (χ0n) is 11.8. The van der Waals surface area contributed by atoms with Gasteiger partial charge < -0.3 is 5.32 Å². The van der Waals surface area contributed by atoms with E-state index in [2.05, 4.69) is 31.4 Å². The highest BCUT2D eigenvalue weighted by atomic mass is 79.9. The average molecular weight is 371 g/mol. The lowest BCUT2D eigenvalue weighted by molar-refractivity contribution is -0.385. The molecule has 118 valence electrons. The van der Waals surface area contributed by atoms with E-state index in [0.717, 1.165) is 10.7 Å². The van der Waals surface area contributed by atoms with E-state index in [-0.39, 0.29) is 11.6 Å². The Balaban J connectivity index is 1.92. The van der Waals surface area contributed by atoms with Crippen LogP contribution in [0.1, 0.15) is 19.4 Å². The number of halogens is 1. The Bertz CT molecular complexity index is 667. The molecule has 1 atom stereocenters. The highest BCUT2D eigenvalue weighted by Crippen LogP contribution is 2.15. The summed E-state index contributed by atoms with van der Waals surface area (Å²) >= 11 is 3.29. The van der Waals surface area contributed by atoms with Crippen LogP contribution >= 0.6 is 15.9 Å². The Morgan fingerprint density at radius 2 is 2.23 bits per heavy atom. The fourth-order valence-corrected chi connectivity index (χ4v) is 2.29. The summed E-state index contributed by atoms with van der Waals surface area (Å²) in [4.78, 5) is 22.3. The highest BCUT2D eigenvalue weighted by molar-refractivity contribution is 9.10. The molecule has 0 aliphatic rings. The van der Waals surface area contributed by atoms with Crippen LogP contribution in [0.5, 0.6) is 0 Å². The van der Waals surface area contributed by atoms with Crippen molar-refractivity contribution in [2.75, 3.05) is 6.54 Å². The number of amides is 1. The van der Waals surface area contributed by atoms with Crippen molar-refractivity contribution in [1.82, 2.24) is 24.9 Å². The number of hydrogen-bond donors (Lipinski definition) is 1. The molecule has 22 heavy (non-hydrogen) atoms. The van der Waals surface area contributed by atoms with Crippen molar-refractivity contribution in [2.45, 2.75) is 25.9 Å². The van der Waals surface area contributed by atoms with Gasteiger partial charge in [-0.15, -0.1) is 0 Å². The summed E-state index contributed by atoms with van der Waals surface area (Å²) in [6.07, 6.45) is 6.35. The van der Waals surface area contributed by atoms with Crippen LogP contribution in [0.15, 0.2) is 29.3 Å². The summed E-state index contributed by atoms with van der Waals surface area (Å²) in [6.45, 7) is 2.77. The lowest BCUT2D eigenvalue weighted by Crippen LogP contribution is -2.34. The molecule has 0 radical (unpaired) electrons. The third kappa shape index (κ3) is 3.91. The van der Waals surface area contributed by atoms with Crippen LogP contribution in [0.25, 0.3) is 0 Å². The Labute approximate surface area is 134 Å². The summed E-state index contributed by atoms with van der Waals surface area (Å²) in [6, 6.07) is -0.571. The molecule has 0 saturated carbocycles. The monoisotopic (exact) mass is 370 g/mol. The van der Waals surface area contributed by atoms with Crippen molar-refractivity contribution in [2.24, 2.45) is 0 Å². The van der Waals surface area contributed by atoms with E-state index < -0.39 is 11.0 Å². The molecule has 1 N–H and O–H groups in total. The lowest BCUT2D eigenvalue weighted by Gasteiger charge is -2.15. The van der Waals surface area contributed by atoms with E-state index in [0.29, 0.717) is 19.5 Å². The maximum Gasteiger partial charge on any atom is 0.307 e. The van der Waals surface area contributed by atoms with Gasteiger partial charge in [0.2, 0.25) is 5.91 Å². The van der Waals surface area contributed by atoms with Crippen molar-refractivity contribution in [3.63, 3.8) is 0 Å². The number of hydrogen-bond acceptors (Lipinski definition) is 5. The molecule has 1 unspecified atom stereocenters. The van der Waals surface area contributed by atoms with Gasteiger partial charge in [0, 0.05) is 12.7 Å². The third-order valence-corrected chi connectivity index (χ3v) is 3.46. The van der Waals surface area contributed by atoms with Crippen LogP contribution in [0.4, 0.5) is 5.69 Å². The van der Waals surface area contributed by atoms with Crippen molar-refractivity contribution >= 4 is 27.5 Å². The minimum atomic E-state index is -0.571. The molecule has 1 amide bonds. The topological polar surface area (TPSA) is 108 Å². The zero-order valence-corrected chi connectivity index (χ0v) is 13.4. The SMILES string of the molecule is CCC(C(=O)NCCn1cc(Br)cn1)n1cc([N+](=O)[O-])cn1. The second-order valence-corrected chi connectivity index (χ2v) is 5.49. The maximum atomic E-state index is 12.2. The number of aromatic nitrogens is 4. The first kappa shape index (κ1) is 16.1. The molecule has 0 bridgehead atoms. The highest BCUT2D eigenvalue weighted by Gasteiger charge is 2.21. The first-order chi connectivity index (χ1) is 10.5. The van der Waals surface area contributed by atoms with E-state index in [1.165, 1.54) is 10.9 Å². The minimum absolute atomic E-state index is 0.132. The minimum Gasteiger partial charge on any atom is -0.352 e. The predicted octanol–water partition coefficient (Wildman–Crippen LogP) is 1.52. The number of nitrogens with zero attached hydrogens (tertiary/aromatic N) is 5. The molecule has 0 fully saturated rings. The van der Waals surface area contributed by atoms with E-state index in [1.54, 1.807) is 17.1 Å². The average Bonchev–Trinajstić information content (AvgIpc) is 3.09. The van der Waals surface area contributed by atoms with Gasteiger partial charge in [0.05, 0.1) is 22.1 Å². The maximum absolute atomic E-state index is 12.2. The van der Waals surface area contributed by atoms with E-state index in [1.807, 2.05) is 6.92 Å². The molecule has 0 aliphatic heterocycles. The molecule has 2 aromatic heterocycles. The van der Waals surface area contributed by atoms with E-state index in [4.69, 9.17) is 0 Å². The van der Waals surface area contributed by atoms with Gasteiger partial charge in [-0.3, -0.25) is 24.3 Å². The van der Waals surface area contributed by atoms with Gasteiger partial charge in [0.25, 0.3) is 0 Å². The van der Waals surface area contributed by atoms with E-state index >= 15 is 0 Å². The summed E-state index contributed by atoms with van der Waals surface area (Å²) in [5.74, 6) is -0.230. The lowest BCUT2D eigenvalue weighted by atomic mass is 10.2. The molecular weight excluding hydrogens is 356 g/mol. The number of nitrogens with one attached hydrogen (secondary N) is 1. The Morgan fingerprint density at radius 1 is 1.45 bits per heavy atom. The second kappa shape index (κ2) is 7.16. The van der Waals surface area contributed by atoms with Crippen molar-refractivity contribution in [3.8, 4) is 0 Å². The molecule has 0 spiro atoms. The first-order valence-corrected chi connectivity index (χ1v) is 7.44. The molecule has 0 aromatic carbocycles. The molecular formula is C12H15BrN6O3. The summed E-state index contributed by atoms with van der Waals surface area (Å²) in [5.41, 5.74) is -0.132.